The van der Waals surface area contributed by atoms with E-state index in [9.17, 15) is 39.3 Å². The molecule has 202 valence electrons. The van der Waals surface area contributed by atoms with Crippen molar-refractivity contribution in [2.75, 3.05) is 52.4 Å². The summed E-state index contributed by atoms with van der Waals surface area (Å²) in [6.07, 6.45) is 0. The second kappa shape index (κ2) is 14.7. The number of carboxylic acids is 5. The highest BCUT2D eigenvalue weighted by Crippen LogP contribution is 2.30. The van der Waals surface area contributed by atoms with Gasteiger partial charge >= 0.3 is 29.8 Å². The SMILES string of the molecule is C[C@](C(=O)O)(c1ccc(N=C=S)cc1)N(CCN(CCN(CC(=O)O)CC(=O)O)CC(=O)O)CC(=O)O. The van der Waals surface area contributed by atoms with Gasteiger partial charge in [0.15, 0.2) is 0 Å². The van der Waals surface area contributed by atoms with Gasteiger partial charge in [-0.1, -0.05) is 12.1 Å². The monoisotopic (exact) mass is 540 g/mol. The molecule has 0 saturated heterocycles. The summed E-state index contributed by atoms with van der Waals surface area (Å²) in [4.78, 5) is 64.8. The van der Waals surface area contributed by atoms with Gasteiger partial charge in [-0.05, 0) is 36.8 Å². The molecule has 5 N–H and O–H groups in total. The van der Waals surface area contributed by atoms with E-state index in [4.69, 9.17) is 10.2 Å². The van der Waals surface area contributed by atoms with Crippen LogP contribution in [0, 0.1) is 0 Å². The number of rotatable bonds is 18. The number of nitrogens with zero attached hydrogens (tertiary/aromatic N) is 4. The zero-order chi connectivity index (χ0) is 28.2. The summed E-state index contributed by atoms with van der Waals surface area (Å²) in [5, 5.41) is 49.0. The number of isothiocyanates is 1. The Labute approximate surface area is 217 Å². The number of carbonyl (C=O) groups is 5. The summed E-state index contributed by atoms with van der Waals surface area (Å²) in [5.74, 6) is -6.42. The lowest BCUT2D eigenvalue weighted by Gasteiger charge is -2.38. The van der Waals surface area contributed by atoms with E-state index in [0.29, 0.717) is 5.69 Å². The van der Waals surface area contributed by atoms with Gasteiger partial charge in [-0.2, -0.15) is 4.99 Å². The van der Waals surface area contributed by atoms with Gasteiger partial charge in [-0.15, -0.1) is 0 Å². The predicted octanol–water partition coefficient (Wildman–Crippen LogP) is -0.0349. The van der Waals surface area contributed by atoms with E-state index in [1.165, 1.54) is 36.1 Å². The first-order chi connectivity index (χ1) is 17.3. The Kier molecular flexibility index (Phi) is 12.4. The number of hydrogen-bond acceptors (Lipinski definition) is 10. The molecule has 15 heteroatoms. The van der Waals surface area contributed by atoms with Crippen LogP contribution in [0.25, 0.3) is 0 Å². The number of hydrogen-bond donors (Lipinski definition) is 5. The first-order valence-electron chi connectivity index (χ1n) is 10.8. The number of carboxylic acid groups (broad SMARTS) is 5. The van der Waals surface area contributed by atoms with Crippen LogP contribution in [0.4, 0.5) is 5.69 Å². The second-order valence-corrected chi connectivity index (χ2v) is 8.29. The lowest BCUT2D eigenvalue weighted by molar-refractivity contribution is -0.155. The van der Waals surface area contributed by atoms with Crippen molar-refractivity contribution in [3.63, 3.8) is 0 Å². The first kappa shape index (κ1) is 31.3. The molecule has 0 aromatic heterocycles. The van der Waals surface area contributed by atoms with Crippen LogP contribution < -0.4 is 0 Å². The molecule has 0 aliphatic heterocycles. The van der Waals surface area contributed by atoms with E-state index in [2.05, 4.69) is 22.4 Å². The molecule has 0 fully saturated rings. The first-order valence-corrected chi connectivity index (χ1v) is 11.2. The van der Waals surface area contributed by atoms with Crippen molar-refractivity contribution in [3.05, 3.63) is 29.8 Å². The van der Waals surface area contributed by atoms with Crippen molar-refractivity contribution in [2.24, 2.45) is 4.99 Å². The van der Waals surface area contributed by atoms with Crippen molar-refractivity contribution in [1.82, 2.24) is 14.7 Å². The summed E-state index contributed by atoms with van der Waals surface area (Å²) < 4.78 is 0. The van der Waals surface area contributed by atoms with Crippen LogP contribution in [-0.2, 0) is 29.5 Å². The third-order valence-corrected chi connectivity index (χ3v) is 5.57. The summed E-state index contributed by atoms with van der Waals surface area (Å²) in [7, 11) is 0. The van der Waals surface area contributed by atoms with Crippen LogP contribution in [0.3, 0.4) is 0 Å². The Morgan fingerprint density at radius 1 is 0.757 bits per heavy atom. The van der Waals surface area contributed by atoms with Crippen LogP contribution in [0.1, 0.15) is 12.5 Å². The van der Waals surface area contributed by atoms with Crippen LogP contribution >= 0.6 is 12.2 Å². The van der Waals surface area contributed by atoms with E-state index in [1.807, 2.05) is 0 Å². The standard InChI is InChI=1S/C22H28N4O10S/c1-22(21(35)36,15-2-4-16(5-3-15)23-14-37)26(13-20(33)34)9-8-24(10-17(27)28)6-7-25(11-18(29)30)12-19(31)32/h2-5H,6-13H2,1H3,(H,27,28)(H,29,30)(H,31,32)(H,33,34)(H,35,36)/t22-/m1/s1. The van der Waals surface area contributed by atoms with E-state index < -0.39 is 61.6 Å². The molecule has 0 aliphatic rings. The van der Waals surface area contributed by atoms with Gasteiger partial charge in [0, 0.05) is 26.2 Å². The molecule has 14 nitrogen and oxygen atoms in total. The quantitative estimate of drug-likeness (QED) is 0.122. The fourth-order valence-corrected chi connectivity index (χ4v) is 3.69. The Balaban J connectivity index is 3.19. The topological polar surface area (TPSA) is 209 Å². The lowest BCUT2D eigenvalue weighted by Crippen LogP contribution is -2.54. The molecule has 0 aliphatic carbocycles. The molecule has 0 amide bonds. The van der Waals surface area contributed by atoms with Crippen LogP contribution in [0.5, 0.6) is 0 Å². The third kappa shape index (κ3) is 10.4. The maximum absolute atomic E-state index is 12.4. The molecule has 0 bridgehead atoms. The van der Waals surface area contributed by atoms with Gasteiger partial charge in [-0.25, -0.2) is 4.79 Å². The minimum Gasteiger partial charge on any atom is -0.480 e. The maximum Gasteiger partial charge on any atom is 0.328 e. The normalized spacial score (nSPS) is 12.6. The highest BCUT2D eigenvalue weighted by molar-refractivity contribution is 7.78. The number of thiocarbonyl (C=S) groups is 1. The summed E-state index contributed by atoms with van der Waals surface area (Å²) >= 11 is 4.55. The molecule has 1 aromatic carbocycles. The zero-order valence-corrected chi connectivity index (χ0v) is 20.8. The van der Waals surface area contributed by atoms with Crippen molar-refractivity contribution >= 4 is 52.9 Å². The highest BCUT2D eigenvalue weighted by Gasteiger charge is 2.42. The molecule has 0 unspecified atom stereocenters. The van der Waals surface area contributed by atoms with E-state index in [-0.39, 0.29) is 31.7 Å². The molecule has 37 heavy (non-hydrogen) atoms. The Morgan fingerprint density at radius 3 is 1.62 bits per heavy atom. The van der Waals surface area contributed by atoms with Crippen LogP contribution in [0.15, 0.2) is 29.3 Å². The van der Waals surface area contributed by atoms with Gasteiger partial charge in [0.1, 0.15) is 5.54 Å². The van der Waals surface area contributed by atoms with Crippen molar-refractivity contribution < 1.29 is 49.5 Å². The largest absolute Gasteiger partial charge is 0.480 e. The molecule has 0 spiro atoms. The molecule has 1 rings (SSSR count). The van der Waals surface area contributed by atoms with E-state index >= 15 is 0 Å². The smallest absolute Gasteiger partial charge is 0.328 e. The van der Waals surface area contributed by atoms with Gasteiger partial charge in [0.2, 0.25) is 0 Å². The zero-order valence-electron chi connectivity index (χ0n) is 19.9. The average Bonchev–Trinajstić information content (AvgIpc) is 2.78. The molecule has 0 saturated carbocycles. The fourth-order valence-electron chi connectivity index (χ4n) is 3.58. The number of aliphatic imine (C=N–C) groups is 1. The summed E-state index contributed by atoms with van der Waals surface area (Å²) in [6.45, 7) is -1.54. The van der Waals surface area contributed by atoms with Crippen molar-refractivity contribution in [3.8, 4) is 0 Å². The second-order valence-electron chi connectivity index (χ2n) is 8.11. The minimum absolute atomic E-state index is 0.0676. The van der Waals surface area contributed by atoms with Crippen LogP contribution in [0.2, 0.25) is 0 Å². The maximum atomic E-state index is 12.4. The molecular formula is C22H28N4O10S. The van der Waals surface area contributed by atoms with Gasteiger partial charge in [0.25, 0.3) is 0 Å². The molecule has 0 radical (unpaired) electrons. The third-order valence-electron chi connectivity index (χ3n) is 5.47. The molecule has 1 aromatic rings. The van der Waals surface area contributed by atoms with Crippen molar-refractivity contribution in [2.45, 2.75) is 12.5 Å². The Bertz CT molecular complexity index is 1030. The number of aliphatic carboxylic acids is 5. The Morgan fingerprint density at radius 2 is 1.19 bits per heavy atom. The van der Waals surface area contributed by atoms with E-state index in [0.717, 1.165) is 9.80 Å². The molecular weight excluding hydrogens is 512 g/mol. The van der Waals surface area contributed by atoms with Gasteiger partial charge in [-0.3, -0.25) is 33.9 Å². The van der Waals surface area contributed by atoms with Gasteiger partial charge in [0.05, 0.1) is 37.0 Å². The van der Waals surface area contributed by atoms with Crippen LogP contribution in [-0.4, -0.2) is 128 Å². The average molecular weight is 541 g/mol. The fraction of sp³-hybridized carbons (Fsp3) is 0.455. The molecule has 0 heterocycles. The summed E-state index contributed by atoms with van der Waals surface area (Å²) in [5.41, 5.74) is -1.18. The predicted molar refractivity (Wildman–Crippen MR) is 131 cm³/mol. The van der Waals surface area contributed by atoms with Gasteiger partial charge < -0.3 is 25.5 Å². The summed E-state index contributed by atoms with van der Waals surface area (Å²) in [6, 6.07) is 5.90. The molecule has 1 atom stereocenters. The van der Waals surface area contributed by atoms with Crippen molar-refractivity contribution in [1.29, 1.82) is 0 Å². The van der Waals surface area contributed by atoms with E-state index in [1.54, 1.807) is 0 Å². The lowest BCUT2D eigenvalue weighted by atomic mass is 9.89. The Hall–Kier alpha value is -3.75. The highest BCUT2D eigenvalue weighted by atomic mass is 32.1. The minimum atomic E-state index is -1.83. The number of benzene rings is 1.